The molecule has 2 atom stereocenters. The maximum atomic E-state index is 14.9. The number of pyridine rings is 1. The minimum Gasteiger partial charge on any atom is -0.365 e. The Balaban J connectivity index is 1.35. The molecule has 0 aromatic carbocycles. The van der Waals surface area contributed by atoms with Crippen LogP contribution in [0.4, 0.5) is 15.0 Å². The highest BCUT2D eigenvalue weighted by Gasteiger charge is 2.27. The average Bonchev–Trinajstić information content (AvgIpc) is 3.51. The van der Waals surface area contributed by atoms with Crippen molar-refractivity contribution < 1.29 is 9.18 Å². The van der Waals surface area contributed by atoms with E-state index in [0.717, 1.165) is 45.2 Å². The first-order valence-electron chi connectivity index (χ1n) is 11.3. The number of likely N-dealkylation sites (tertiary alicyclic amines) is 1. The molecule has 9 nitrogen and oxygen atoms in total. The van der Waals surface area contributed by atoms with E-state index in [-0.39, 0.29) is 29.5 Å². The highest BCUT2D eigenvalue weighted by Crippen LogP contribution is 2.31. The van der Waals surface area contributed by atoms with Crippen molar-refractivity contribution in [1.29, 1.82) is 5.26 Å². The third-order valence-electron chi connectivity index (χ3n) is 6.44. The van der Waals surface area contributed by atoms with Crippen molar-refractivity contribution in [2.45, 2.75) is 50.6 Å². The molecule has 0 radical (unpaired) electrons. The quantitative estimate of drug-likeness (QED) is 0.561. The summed E-state index contributed by atoms with van der Waals surface area (Å²) in [5, 5.41) is 16.6. The first-order valence-corrected chi connectivity index (χ1v) is 11.3. The number of urea groups is 1. The van der Waals surface area contributed by atoms with Gasteiger partial charge in [-0.05, 0) is 44.6 Å². The molecule has 2 amide bonds. The zero-order valence-corrected chi connectivity index (χ0v) is 18.1. The Morgan fingerprint density at radius 2 is 2.06 bits per heavy atom. The molecule has 1 saturated carbocycles. The van der Waals surface area contributed by atoms with Crippen LogP contribution in [0.3, 0.4) is 0 Å². The Morgan fingerprint density at radius 1 is 1.24 bits per heavy atom. The molecule has 3 N–H and O–H groups in total. The first kappa shape index (κ1) is 21.1. The van der Waals surface area contributed by atoms with Crippen molar-refractivity contribution in [3.8, 4) is 17.3 Å². The number of carbonyl (C=O) groups is 1. The van der Waals surface area contributed by atoms with E-state index in [1.54, 1.807) is 12.4 Å². The van der Waals surface area contributed by atoms with E-state index in [1.807, 2.05) is 11.0 Å². The third kappa shape index (κ3) is 4.31. The highest BCUT2D eigenvalue weighted by atomic mass is 19.1. The number of halogens is 1. The summed E-state index contributed by atoms with van der Waals surface area (Å²) in [6, 6.07) is 3.25. The number of aromatic amines is 1. The summed E-state index contributed by atoms with van der Waals surface area (Å²) in [5.74, 6) is -0.471. The van der Waals surface area contributed by atoms with Gasteiger partial charge in [0, 0.05) is 48.5 Å². The van der Waals surface area contributed by atoms with Gasteiger partial charge in [0.05, 0.1) is 11.3 Å². The Bertz CT molecular complexity index is 1210. The summed E-state index contributed by atoms with van der Waals surface area (Å²) >= 11 is 0. The number of anilines is 1. The lowest BCUT2D eigenvalue weighted by Crippen LogP contribution is -2.47. The maximum Gasteiger partial charge on any atom is 0.317 e. The number of nitrogens with zero attached hydrogens (tertiary/aromatic N) is 5. The summed E-state index contributed by atoms with van der Waals surface area (Å²) in [6.45, 7) is 1.62. The van der Waals surface area contributed by atoms with Gasteiger partial charge in [0.1, 0.15) is 18.0 Å². The lowest BCUT2D eigenvalue weighted by molar-refractivity contribution is 0.199. The average molecular weight is 449 g/mol. The summed E-state index contributed by atoms with van der Waals surface area (Å²) in [7, 11) is 0. The second-order valence-corrected chi connectivity index (χ2v) is 8.66. The molecule has 0 bridgehead atoms. The minimum atomic E-state index is -0.574. The maximum absolute atomic E-state index is 14.9. The molecular formula is C23H25FN8O. The Hall–Kier alpha value is -3.74. The Labute approximate surface area is 190 Å². The molecule has 1 aliphatic heterocycles. The molecule has 1 saturated heterocycles. The molecule has 2 fully saturated rings. The predicted octanol–water partition coefficient (Wildman–Crippen LogP) is 3.56. The number of carbonyl (C=O) groups excluding carboxylic acids is 1. The van der Waals surface area contributed by atoms with Gasteiger partial charge in [-0.1, -0.05) is 0 Å². The van der Waals surface area contributed by atoms with Crippen molar-refractivity contribution in [3.63, 3.8) is 0 Å². The van der Waals surface area contributed by atoms with Gasteiger partial charge in [-0.15, -0.1) is 0 Å². The zero-order chi connectivity index (χ0) is 22.8. The summed E-state index contributed by atoms with van der Waals surface area (Å²) in [4.78, 5) is 30.1. The number of hydrogen-bond acceptors (Lipinski definition) is 6. The van der Waals surface area contributed by atoms with Crippen LogP contribution in [-0.4, -0.2) is 56.0 Å². The fourth-order valence-electron chi connectivity index (χ4n) is 4.77. The molecule has 33 heavy (non-hydrogen) atoms. The number of H-pyrrole nitrogens is 1. The lowest BCUT2D eigenvalue weighted by Gasteiger charge is -2.32. The molecule has 0 spiro atoms. The third-order valence-corrected chi connectivity index (χ3v) is 6.44. The standard InChI is InChI=1S/C23H25FN8O/c24-19-8-14(10-25)20(17-12-27-21-18(17)11-26-13-28-21)31-22(19)29-15-4-3-5-16(9-15)30-23(33)32-6-1-2-7-32/h8,11-13,15-16H,1-7,9H2,(H,29,31)(H,30,33)(H,26,27,28). The molecule has 2 aliphatic rings. The van der Waals surface area contributed by atoms with Crippen molar-refractivity contribution in [1.82, 2.24) is 30.2 Å². The molecule has 170 valence electrons. The van der Waals surface area contributed by atoms with E-state index in [4.69, 9.17) is 0 Å². The number of amides is 2. The molecule has 5 rings (SSSR count). The summed E-state index contributed by atoms with van der Waals surface area (Å²) < 4.78 is 14.9. The molecule has 4 heterocycles. The van der Waals surface area contributed by atoms with E-state index < -0.39 is 5.82 Å². The van der Waals surface area contributed by atoms with Gasteiger partial charge in [0.15, 0.2) is 11.6 Å². The van der Waals surface area contributed by atoms with Gasteiger partial charge in [0.2, 0.25) is 0 Å². The largest absolute Gasteiger partial charge is 0.365 e. The van der Waals surface area contributed by atoms with Gasteiger partial charge in [0.25, 0.3) is 0 Å². The van der Waals surface area contributed by atoms with Gasteiger partial charge < -0.3 is 20.5 Å². The molecule has 3 aromatic heterocycles. The van der Waals surface area contributed by atoms with Gasteiger partial charge in [-0.3, -0.25) is 0 Å². The Kier molecular flexibility index (Phi) is 5.77. The van der Waals surface area contributed by atoms with Crippen LogP contribution in [0.25, 0.3) is 22.3 Å². The van der Waals surface area contributed by atoms with Crippen LogP contribution in [-0.2, 0) is 0 Å². The van der Waals surface area contributed by atoms with Crippen molar-refractivity contribution in [2.75, 3.05) is 18.4 Å². The predicted molar refractivity (Wildman–Crippen MR) is 121 cm³/mol. The molecule has 3 aromatic rings. The summed E-state index contributed by atoms with van der Waals surface area (Å²) in [6.07, 6.45) is 10.3. The van der Waals surface area contributed by atoms with Crippen LogP contribution in [0, 0.1) is 17.1 Å². The van der Waals surface area contributed by atoms with E-state index in [1.165, 1.54) is 12.4 Å². The number of rotatable bonds is 4. The van der Waals surface area contributed by atoms with Crippen LogP contribution in [0.2, 0.25) is 0 Å². The van der Waals surface area contributed by atoms with Crippen LogP contribution < -0.4 is 10.6 Å². The van der Waals surface area contributed by atoms with E-state index in [2.05, 4.69) is 30.6 Å². The van der Waals surface area contributed by atoms with Crippen LogP contribution >= 0.6 is 0 Å². The number of aromatic nitrogens is 4. The molecule has 2 unspecified atom stereocenters. The van der Waals surface area contributed by atoms with E-state index in [9.17, 15) is 14.4 Å². The first-order chi connectivity index (χ1) is 16.1. The van der Waals surface area contributed by atoms with Crippen molar-refractivity contribution in [3.05, 3.63) is 36.2 Å². The zero-order valence-electron chi connectivity index (χ0n) is 18.1. The smallest absolute Gasteiger partial charge is 0.317 e. The topological polar surface area (TPSA) is 123 Å². The number of nitrogens with one attached hydrogen (secondary N) is 3. The fourth-order valence-corrected chi connectivity index (χ4v) is 4.77. The second kappa shape index (κ2) is 9.02. The number of fused-ring (bicyclic) bond motifs is 1. The van der Waals surface area contributed by atoms with E-state index >= 15 is 0 Å². The highest BCUT2D eigenvalue weighted by molar-refractivity contribution is 5.93. The van der Waals surface area contributed by atoms with Gasteiger partial charge >= 0.3 is 6.03 Å². The lowest BCUT2D eigenvalue weighted by atomic mass is 9.91. The van der Waals surface area contributed by atoms with Crippen molar-refractivity contribution >= 4 is 22.9 Å². The van der Waals surface area contributed by atoms with E-state index in [0.29, 0.717) is 28.7 Å². The monoisotopic (exact) mass is 448 g/mol. The normalized spacial score (nSPS) is 20.5. The molecule has 10 heteroatoms. The second-order valence-electron chi connectivity index (χ2n) is 8.66. The Morgan fingerprint density at radius 3 is 2.88 bits per heavy atom. The number of nitriles is 1. The SMILES string of the molecule is N#Cc1cc(F)c(NC2CCCC(NC(=O)N3CCCC3)C2)nc1-c1c[nH]c2ncncc12. The fraction of sp³-hybridized carbons (Fsp3) is 0.435. The molecular weight excluding hydrogens is 423 g/mol. The molecule has 1 aliphatic carbocycles. The van der Waals surface area contributed by atoms with Crippen LogP contribution in [0.1, 0.15) is 44.1 Å². The number of hydrogen-bond donors (Lipinski definition) is 3. The van der Waals surface area contributed by atoms with Crippen molar-refractivity contribution in [2.24, 2.45) is 0 Å². The summed E-state index contributed by atoms with van der Waals surface area (Å²) in [5.41, 5.74) is 1.78. The van der Waals surface area contributed by atoms with Gasteiger partial charge in [-0.2, -0.15) is 5.26 Å². The minimum absolute atomic E-state index is 0.00957. The van der Waals surface area contributed by atoms with Crippen LogP contribution in [0.5, 0.6) is 0 Å². The van der Waals surface area contributed by atoms with Crippen LogP contribution in [0.15, 0.2) is 24.8 Å². The van der Waals surface area contributed by atoms with Gasteiger partial charge in [-0.25, -0.2) is 24.1 Å².